The fraction of sp³-hybridized carbons (Fsp3) is 0. The largest absolute Gasteiger partial charge is 0.309 e. The topological polar surface area (TPSA) is 17.8 Å². The standard InChI is InChI=1S/C51H32N2/c1-2-8-40(9-3-1)53-48-12-5-4-10-43(48)46-32-39(25-30-49(46)53)33-13-15-34(16-14-33)41-26-21-37-24-29-45-42(27-22-38-23-28-44(41)50(37)51(38)45)35-17-19-36(20-18-35)47-11-6-7-31-52-47/h1-32H. The van der Waals surface area contributed by atoms with E-state index < -0.39 is 0 Å². The van der Waals surface area contributed by atoms with E-state index >= 15 is 0 Å². The van der Waals surface area contributed by atoms with Crippen molar-refractivity contribution in [3.8, 4) is 50.3 Å². The van der Waals surface area contributed by atoms with Gasteiger partial charge in [-0.25, -0.2) is 0 Å². The summed E-state index contributed by atoms with van der Waals surface area (Å²) in [6.07, 6.45) is 1.85. The lowest BCUT2D eigenvalue weighted by atomic mass is 9.87. The van der Waals surface area contributed by atoms with Crippen LogP contribution in [-0.4, -0.2) is 9.55 Å². The van der Waals surface area contributed by atoms with Gasteiger partial charge in [-0.15, -0.1) is 0 Å². The van der Waals surface area contributed by atoms with Crippen molar-refractivity contribution < 1.29 is 0 Å². The predicted octanol–water partition coefficient (Wildman–Crippen LogP) is 13.7. The molecule has 0 N–H and O–H groups in total. The monoisotopic (exact) mass is 672 g/mol. The van der Waals surface area contributed by atoms with E-state index in [0.717, 1.165) is 11.3 Å². The minimum Gasteiger partial charge on any atom is -0.309 e. The SMILES string of the molecule is c1ccc(-n2c3ccccc3c3cc(-c4ccc(-c5ccc6ccc7c(-c8ccc(-c9ccccn9)cc8)ccc8ccc5c6c87)cc4)ccc32)cc1. The molecule has 11 aromatic rings. The molecule has 0 fully saturated rings. The fourth-order valence-electron chi connectivity index (χ4n) is 8.51. The van der Waals surface area contributed by atoms with Gasteiger partial charge < -0.3 is 4.57 Å². The van der Waals surface area contributed by atoms with Crippen LogP contribution in [0.4, 0.5) is 0 Å². The quantitative estimate of drug-likeness (QED) is 0.166. The zero-order valence-corrected chi connectivity index (χ0v) is 28.9. The highest BCUT2D eigenvalue weighted by atomic mass is 15.0. The van der Waals surface area contributed by atoms with Crippen LogP contribution in [0, 0.1) is 0 Å². The van der Waals surface area contributed by atoms with Crippen molar-refractivity contribution in [3.05, 3.63) is 194 Å². The molecule has 2 heteroatoms. The summed E-state index contributed by atoms with van der Waals surface area (Å²) in [6.45, 7) is 0. The van der Waals surface area contributed by atoms with Gasteiger partial charge in [0.15, 0.2) is 0 Å². The van der Waals surface area contributed by atoms with Crippen LogP contribution in [0.25, 0.3) is 104 Å². The Morgan fingerprint density at radius 2 is 0.887 bits per heavy atom. The van der Waals surface area contributed by atoms with Gasteiger partial charge in [0.05, 0.1) is 16.7 Å². The molecule has 0 unspecified atom stereocenters. The van der Waals surface area contributed by atoms with E-state index in [9.17, 15) is 0 Å². The van der Waals surface area contributed by atoms with Crippen molar-refractivity contribution in [3.63, 3.8) is 0 Å². The second-order valence-corrected chi connectivity index (χ2v) is 13.9. The smallest absolute Gasteiger partial charge is 0.0701 e. The van der Waals surface area contributed by atoms with Crippen LogP contribution in [0.1, 0.15) is 0 Å². The van der Waals surface area contributed by atoms with Crippen molar-refractivity contribution in [2.45, 2.75) is 0 Å². The summed E-state index contributed by atoms with van der Waals surface area (Å²) in [5, 5.41) is 10.3. The summed E-state index contributed by atoms with van der Waals surface area (Å²) in [5.74, 6) is 0. The van der Waals surface area contributed by atoms with Crippen LogP contribution < -0.4 is 0 Å². The molecule has 2 nitrogen and oxygen atoms in total. The number of rotatable bonds is 5. The number of hydrogen-bond donors (Lipinski definition) is 0. The van der Waals surface area contributed by atoms with Crippen LogP contribution in [0.15, 0.2) is 194 Å². The van der Waals surface area contributed by atoms with Gasteiger partial charge in [-0.1, -0.05) is 146 Å². The van der Waals surface area contributed by atoms with Crippen molar-refractivity contribution in [2.24, 2.45) is 0 Å². The van der Waals surface area contributed by atoms with E-state index in [-0.39, 0.29) is 0 Å². The van der Waals surface area contributed by atoms with Crippen LogP contribution >= 0.6 is 0 Å². The lowest BCUT2D eigenvalue weighted by molar-refractivity contribution is 1.18. The Kier molecular flexibility index (Phi) is 6.59. The molecule has 9 aromatic carbocycles. The summed E-state index contributed by atoms with van der Waals surface area (Å²) in [4.78, 5) is 4.54. The Hall–Kier alpha value is -7.03. The zero-order chi connectivity index (χ0) is 34.9. The van der Waals surface area contributed by atoms with E-state index in [1.165, 1.54) is 93.2 Å². The Balaban J connectivity index is 0.991. The average molecular weight is 673 g/mol. The van der Waals surface area contributed by atoms with E-state index in [2.05, 4.69) is 185 Å². The molecular weight excluding hydrogens is 641 g/mol. The lowest BCUT2D eigenvalue weighted by Gasteiger charge is -2.17. The molecule has 0 aliphatic heterocycles. The number of fused-ring (bicyclic) bond motifs is 3. The fourth-order valence-corrected chi connectivity index (χ4v) is 8.51. The van der Waals surface area contributed by atoms with Gasteiger partial charge in [0, 0.05) is 28.2 Å². The maximum atomic E-state index is 4.54. The first kappa shape index (κ1) is 29.7. The van der Waals surface area contributed by atoms with Crippen LogP contribution in [-0.2, 0) is 0 Å². The van der Waals surface area contributed by atoms with Crippen LogP contribution in [0.2, 0.25) is 0 Å². The third-order valence-electron chi connectivity index (χ3n) is 11.0. The minimum absolute atomic E-state index is 0.989. The average Bonchev–Trinajstić information content (AvgIpc) is 3.57. The Bertz CT molecular complexity index is 3120. The maximum absolute atomic E-state index is 4.54. The molecule has 0 atom stereocenters. The zero-order valence-electron chi connectivity index (χ0n) is 28.9. The van der Waals surface area contributed by atoms with Gasteiger partial charge in [-0.2, -0.15) is 0 Å². The van der Waals surface area contributed by atoms with Gasteiger partial charge >= 0.3 is 0 Å². The summed E-state index contributed by atoms with van der Waals surface area (Å²) in [6, 6.07) is 68.5. The molecule has 0 saturated carbocycles. The predicted molar refractivity (Wildman–Crippen MR) is 224 cm³/mol. The molecule has 2 heterocycles. The molecule has 0 saturated heterocycles. The molecule has 53 heavy (non-hydrogen) atoms. The highest BCUT2D eigenvalue weighted by molar-refractivity contribution is 6.27. The van der Waals surface area contributed by atoms with Gasteiger partial charge in [0.25, 0.3) is 0 Å². The number of benzene rings is 9. The molecule has 0 radical (unpaired) electrons. The summed E-state index contributed by atoms with van der Waals surface area (Å²) in [5.41, 5.74) is 13.1. The number of para-hydroxylation sites is 2. The molecule has 0 bridgehead atoms. The van der Waals surface area contributed by atoms with Crippen LogP contribution in [0.5, 0.6) is 0 Å². The van der Waals surface area contributed by atoms with Crippen LogP contribution in [0.3, 0.4) is 0 Å². The number of hydrogen-bond acceptors (Lipinski definition) is 1. The highest BCUT2D eigenvalue weighted by Gasteiger charge is 2.16. The summed E-state index contributed by atoms with van der Waals surface area (Å²) < 4.78 is 2.37. The van der Waals surface area contributed by atoms with E-state index in [4.69, 9.17) is 0 Å². The number of pyridine rings is 1. The third-order valence-corrected chi connectivity index (χ3v) is 11.0. The van der Waals surface area contributed by atoms with Gasteiger partial charge in [0.2, 0.25) is 0 Å². The molecular formula is C51H32N2. The molecule has 246 valence electrons. The maximum Gasteiger partial charge on any atom is 0.0701 e. The molecule has 11 rings (SSSR count). The number of aromatic nitrogens is 2. The highest BCUT2D eigenvalue weighted by Crippen LogP contribution is 2.43. The Morgan fingerprint density at radius 1 is 0.340 bits per heavy atom. The van der Waals surface area contributed by atoms with Crippen molar-refractivity contribution >= 4 is 54.1 Å². The first-order chi connectivity index (χ1) is 26.3. The molecule has 0 aliphatic carbocycles. The van der Waals surface area contributed by atoms with Gasteiger partial charge in [0.1, 0.15) is 0 Å². The second-order valence-electron chi connectivity index (χ2n) is 13.9. The first-order valence-electron chi connectivity index (χ1n) is 18.2. The first-order valence-corrected chi connectivity index (χ1v) is 18.2. The molecule has 0 aliphatic rings. The number of nitrogens with zero attached hydrogens (tertiary/aromatic N) is 2. The van der Waals surface area contributed by atoms with Crippen molar-refractivity contribution in [1.29, 1.82) is 0 Å². The van der Waals surface area contributed by atoms with Crippen molar-refractivity contribution in [2.75, 3.05) is 0 Å². The van der Waals surface area contributed by atoms with E-state index in [1.807, 2.05) is 18.3 Å². The van der Waals surface area contributed by atoms with E-state index in [1.54, 1.807) is 0 Å². The molecule has 0 spiro atoms. The van der Waals surface area contributed by atoms with E-state index in [0.29, 0.717) is 0 Å². The molecule has 2 aromatic heterocycles. The molecule has 0 amide bonds. The second kappa shape index (κ2) is 11.8. The normalized spacial score (nSPS) is 11.8. The third kappa shape index (κ3) is 4.70. The lowest BCUT2D eigenvalue weighted by Crippen LogP contribution is -1.92. The summed E-state index contributed by atoms with van der Waals surface area (Å²) in [7, 11) is 0. The van der Waals surface area contributed by atoms with Crippen molar-refractivity contribution in [1.82, 2.24) is 9.55 Å². The Morgan fingerprint density at radius 3 is 1.55 bits per heavy atom. The minimum atomic E-state index is 0.989. The van der Waals surface area contributed by atoms with Gasteiger partial charge in [-0.3, -0.25) is 4.98 Å². The van der Waals surface area contributed by atoms with Gasteiger partial charge in [-0.05, 0) is 108 Å². The summed E-state index contributed by atoms with van der Waals surface area (Å²) >= 11 is 0. The Labute approximate surface area is 307 Å².